The number of rotatable bonds is 4. The molecule has 0 aliphatic carbocycles. The summed E-state index contributed by atoms with van der Waals surface area (Å²) in [6.45, 7) is 6.56. The Labute approximate surface area is 210 Å². The number of likely N-dealkylation sites (N-methyl/N-ethyl adjacent to an activating group) is 1. The van der Waals surface area contributed by atoms with Gasteiger partial charge in [-0.3, -0.25) is 9.69 Å². The zero-order valence-corrected chi connectivity index (χ0v) is 21.6. The summed E-state index contributed by atoms with van der Waals surface area (Å²) in [5, 5.41) is 1.91. The van der Waals surface area contributed by atoms with Gasteiger partial charge in [0.1, 0.15) is 0 Å². The fourth-order valence-electron chi connectivity index (χ4n) is 3.62. The highest BCUT2D eigenvalue weighted by molar-refractivity contribution is 9.10. The van der Waals surface area contributed by atoms with Gasteiger partial charge < -0.3 is 4.57 Å². The van der Waals surface area contributed by atoms with Crippen molar-refractivity contribution in [2.24, 2.45) is 4.99 Å². The number of amides is 1. The molecule has 0 N–H and O–H groups in total. The molecule has 4 nitrogen and oxygen atoms in total. The second kappa shape index (κ2) is 9.48. The minimum absolute atomic E-state index is 0.0491. The van der Waals surface area contributed by atoms with Gasteiger partial charge in [0, 0.05) is 33.1 Å². The second-order valence-corrected chi connectivity index (χ2v) is 10.0. The molecule has 32 heavy (non-hydrogen) atoms. The molecule has 164 valence electrons. The molecule has 1 amide bonds. The van der Waals surface area contributed by atoms with Crippen molar-refractivity contribution in [2.45, 2.75) is 20.8 Å². The average Bonchev–Trinajstić information content (AvgIpc) is 3.19. The Balaban J connectivity index is 1.70. The summed E-state index contributed by atoms with van der Waals surface area (Å²) in [4.78, 5) is 20.1. The summed E-state index contributed by atoms with van der Waals surface area (Å²) in [6.07, 6.45) is 1.94. The van der Waals surface area contributed by atoms with Crippen molar-refractivity contribution >= 4 is 73.7 Å². The SMILES string of the molecule is CCN1C(=O)/C(=C/c2cc(C)n(-c3cccc(Cl)c3)c2C)SC1=Nc1ccc(Br)c(Cl)c1. The van der Waals surface area contributed by atoms with E-state index in [0.29, 0.717) is 32.4 Å². The molecule has 0 bridgehead atoms. The fraction of sp³-hybridized carbons (Fsp3) is 0.167. The van der Waals surface area contributed by atoms with Crippen molar-refractivity contribution in [2.75, 3.05) is 6.54 Å². The third-order valence-corrected chi connectivity index (χ3v) is 7.63. The minimum Gasteiger partial charge on any atom is -0.318 e. The lowest BCUT2D eigenvalue weighted by Gasteiger charge is -2.12. The van der Waals surface area contributed by atoms with E-state index in [2.05, 4.69) is 31.6 Å². The highest BCUT2D eigenvalue weighted by Gasteiger charge is 2.32. The van der Waals surface area contributed by atoms with E-state index >= 15 is 0 Å². The number of aryl methyl sites for hydroxylation is 1. The van der Waals surface area contributed by atoms with Crippen LogP contribution in [0.3, 0.4) is 0 Å². The maximum atomic E-state index is 13.1. The number of hydrogen-bond acceptors (Lipinski definition) is 3. The third kappa shape index (κ3) is 4.55. The molecule has 0 unspecified atom stereocenters. The molecule has 1 aliphatic rings. The van der Waals surface area contributed by atoms with Gasteiger partial charge in [-0.25, -0.2) is 4.99 Å². The Morgan fingerprint density at radius 3 is 2.59 bits per heavy atom. The van der Waals surface area contributed by atoms with Crippen molar-refractivity contribution < 1.29 is 4.79 Å². The smallest absolute Gasteiger partial charge is 0.266 e. The number of amidine groups is 1. The van der Waals surface area contributed by atoms with E-state index < -0.39 is 0 Å². The van der Waals surface area contributed by atoms with Crippen LogP contribution in [0.5, 0.6) is 0 Å². The molecule has 1 aromatic heterocycles. The summed E-state index contributed by atoms with van der Waals surface area (Å²) in [6, 6.07) is 15.3. The quantitative estimate of drug-likeness (QED) is 0.312. The number of aromatic nitrogens is 1. The van der Waals surface area contributed by atoms with Gasteiger partial charge in [-0.05, 0) is 103 Å². The summed E-state index contributed by atoms with van der Waals surface area (Å²) in [5.41, 5.74) is 4.79. The van der Waals surface area contributed by atoms with E-state index in [1.54, 1.807) is 11.0 Å². The van der Waals surface area contributed by atoms with E-state index in [0.717, 1.165) is 27.1 Å². The van der Waals surface area contributed by atoms with E-state index in [-0.39, 0.29) is 5.91 Å². The first-order valence-corrected chi connectivity index (χ1v) is 12.3. The van der Waals surface area contributed by atoms with E-state index in [1.807, 2.05) is 63.2 Å². The van der Waals surface area contributed by atoms with Gasteiger partial charge in [0.05, 0.1) is 15.6 Å². The van der Waals surface area contributed by atoms with Crippen molar-refractivity contribution in [1.82, 2.24) is 9.47 Å². The molecule has 2 heterocycles. The third-order valence-electron chi connectivity index (χ3n) is 5.16. The van der Waals surface area contributed by atoms with Crippen LogP contribution in [-0.4, -0.2) is 27.1 Å². The average molecular weight is 549 g/mol. The summed E-state index contributed by atoms with van der Waals surface area (Å²) < 4.78 is 2.94. The number of carbonyl (C=O) groups is 1. The molecule has 0 spiro atoms. The maximum Gasteiger partial charge on any atom is 0.266 e. The lowest BCUT2D eigenvalue weighted by atomic mass is 10.2. The van der Waals surface area contributed by atoms with Crippen LogP contribution in [0.25, 0.3) is 11.8 Å². The number of hydrogen-bond donors (Lipinski definition) is 0. The molecular formula is C24H20BrCl2N3OS. The van der Waals surface area contributed by atoms with E-state index in [4.69, 9.17) is 23.2 Å². The lowest BCUT2D eigenvalue weighted by molar-refractivity contribution is -0.122. The van der Waals surface area contributed by atoms with E-state index in [9.17, 15) is 4.79 Å². The lowest BCUT2D eigenvalue weighted by Crippen LogP contribution is -2.28. The predicted octanol–water partition coefficient (Wildman–Crippen LogP) is 7.79. The normalized spacial score (nSPS) is 16.6. The maximum absolute atomic E-state index is 13.1. The number of thioether (sulfide) groups is 1. The van der Waals surface area contributed by atoms with Gasteiger partial charge in [-0.2, -0.15) is 0 Å². The monoisotopic (exact) mass is 547 g/mol. The van der Waals surface area contributed by atoms with E-state index in [1.165, 1.54) is 11.8 Å². The zero-order chi connectivity index (χ0) is 23.0. The van der Waals surface area contributed by atoms with Crippen molar-refractivity contribution in [3.05, 3.63) is 84.9 Å². The summed E-state index contributed by atoms with van der Waals surface area (Å²) in [7, 11) is 0. The zero-order valence-electron chi connectivity index (χ0n) is 17.7. The fourth-order valence-corrected chi connectivity index (χ4v) is 5.28. The molecule has 1 saturated heterocycles. The predicted molar refractivity (Wildman–Crippen MR) is 139 cm³/mol. The highest BCUT2D eigenvalue weighted by Crippen LogP contribution is 2.36. The minimum atomic E-state index is -0.0491. The van der Waals surface area contributed by atoms with Gasteiger partial charge in [-0.1, -0.05) is 29.3 Å². The summed E-state index contributed by atoms with van der Waals surface area (Å²) in [5.74, 6) is -0.0491. The van der Waals surface area contributed by atoms with Gasteiger partial charge >= 0.3 is 0 Å². The van der Waals surface area contributed by atoms with Crippen LogP contribution in [0.15, 0.2) is 62.9 Å². The first kappa shape index (κ1) is 23.2. The Bertz CT molecular complexity index is 1280. The Kier molecular flexibility index (Phi) is 6.86. The number of aliphatic imine (C=N–C) groups is 1. The van der Waals surface area contributed by atoms with Crippen LogP contribution in [0.1, 0.15) is 23.9 Å². The molecule has 1 fully saturated rings. The number of nitrogens with zero attached hydrogens (tertiary/aromatic N) is 3. The first-order chi connectivity index (χ1) is 15.3. The van der Waals surface area contributed by atoms with Gasteiger partial charge in [0.2, 0.25) is 0 Å². The van der Waals surface area contributed by atoms with Crippen molar-refractivity contribution in [1.29, 1.82) is 0 Å². The number of halogens is 3. The van der Waals surface area contributed by atoms with Crippen LogP contribution >= 0.6 is 50.9 Å². The molecule has 3 aromatic rings. The number of benzene rings is 2. The van der Waals surface area contributed by atoms with Crippen molar-refractivity contribution in [3.63, 3.8) is 0 Å². The van der Waals surface area contributed by atoms with Crippen LogP contribution < -0.4 is 0 Å². The van der Waals surface area contributed by atoms with Gasteiger partial charge in [0.25, 0.3) is 5.91 Å². The molecule has 8 heteroatoms. The van der Waals surface area contributed by atoms with Crippen LogP contribution in [-0.2, 0) is 4.79 Å². The van der Waals surface area contributed by atoms with Crippen molar-refractivity contribution in [3.8, 4) is 5.69 Å². The molecule has 0 radical (unpaired) electrons. The van der Waals surface area contributed by atoms with Crippen LogP contribution in [0.2, 0.25) is 10.0 Å². The second-order valence-electron chi connectivity index (χ2n) is 7.29. The molecular weight excluding hydrogens is 529 g/mol. The Morgan fingerprint density at radius 2 is 1.91 bits per heavy atom. The largest absolute Gasteiger partial charge is 0.318 e. The Hall–Kier alpha value is -1.99. The van der Waals surface area contributed by atoms with Crippen LogP contribution in [0, 0.1) is 13.8 Å². The molecule has 4 rings (SSSR count). The first-order valence-electron chi connectivity index (χ1n) is 9.98. The van der Waals surface area contributed by atoms with Gasteiger partial charge in [0.15, 0.2) is 5.17 Å². The standard InChI is InChI=1S/C24H20BrCl2N3OS/c1-4-29-23(31)22(32-24(29)28-18-8-9-20(25)21(27)13-18)11-16-10-14(2)30(15(16)3)19-7-5-6-17(26)12-19/h5-13H,4H2,1-3H3/b22-11-,28-24?. The highest BCUT2D eigenvalue weighted by atomic mass is 79.9. The molecule has 0 atom stereocenters. The molecule has 1 aliphatic heterocycles. The molecule has 0 saturated carbocycles. The summed E-state index contributed by atoms with van der Waals surface area (Å²) >= 11 is 17.2. The number of carbonyl (C=O) groups excluding carboxylic acids is 1. The molecule has 2 aromatic carbocycles. The van der Waals surface area contributed by atoms with Crippen LogP contribution in [0.4, 0.5) is 5.69 Å². The Morgan fingerprint density at radius 1 is 1.12 bits per heavy atom. The van der Waals surface area contributed by atoms with Gasteiger partial charge in [-0.15, -0.1) is 0 Å². The topological polar surface area (TPSA) is 37.6 Å².